The van der Waals surface area contributed by atoms with Crippen molar-refractivity contribution < 1.29 is 9.59 Å². The van der Waals surface area contributed by atoms with Crippen LogP contribution in [0.4, 0.5) is 11.4 Å². The molecular formula is C32H31N3O2. The van der Waals surface area contributed by atoms with E-state index in [2.05, 4.69) is 35.0 Å². The Morgan fingerprint density at radius 1 is 0.973 bits per heavy atom. The summed E-state index contributed by atoms with van der Waals surface area (Å²) >= 11 is 0. The molecule has 6 rings (SSSR count). The van der Waals surface area contributed by atoms with Gasteiger partial charge in [-0.2, -0.15) is 0 Å². The number of aryl methyl sites for hydroxylation is 1. The first-order chi connectivity index (χ1) is 18.1. The van der Waals surface area contributed by atoms with Crippen LogP contribution in [0.2, 0.25) is 0 Å². The predicted octanol–water partition coefficient (Wildman–Crippen LogP) is 6.48. The number of nitrogens with one attached hydrogen (secondary N) is 1. The first-order valence-corrected chi connectivity index (χ1v) is 13.2. The summed E-state index contributed by atoms with van der Waals surface area (Å²) in [4.78, 5) is 28.5. The van der Waals surface area contributed by atoms with Gasteiger partial charge in [0.1, 0.15) is 6.54 Å². The second-order valence-corrected chi connectivity index (χ2v) is 9.98. The van der Waals surface area contributed by atoms with Gasteiger partial charge in [0.05, 0.1) is 16.8 Å². The topological polar surface area (TPSA) is 54.3 Å². The number of aromatic nitrogens is 1. The van der Waals surface area contributed by atoms with Crippen LogP contribution in [0, 0.1) is 0 Å². The molecule has 1 N–H and O–H groups in total. The Balaban J connectivity index is 1.43. The number of hydrogen-bond acceptors (Lipinski definition) is 2. The minimum atomic E-state index is -0.0427. The average molecular weight is 490 g/mol. The summed E-state index contributed by atoms with van der Waals surface area (Å²) in [5.74, 6) is 0.00497. The van der Waals surface area contributed by atoms with Crippen molar-refractivity contribution in [1.82, 2.24) is 9.88 Å². The lowest BCUT2D eigenvalue weighted by molar-refractivity contribution is -0.122. The highest BCUT2D eigenvalue weighted by Crippen LogP contribution is 2.42. The highest BCUT2D eigenvalue weighted by Gasteiger charge is 2.33. The monoisotopic (exact) mass is 489 g/mol. The molecule has 0 unspecified atom stereocenters. The molecule has 2 heterocycles. The molecule has 1 aliphatic heterocycles. The minimum absolute atomic E-state index is 0.0427. The summed E-state index contributed by atoms with van der Waals surface area (Å²) < 4.78 is 2.06. The van der Waals surface area contributed by atoms with Crippen molar-refractivity contribution in [3.63, 3.8) is 0 Å². The van der Waals surface area contributed by atoms with Crippen molar-refractivity contribution in [2.24, 2.45) is 0 Å². The number of fused-ring (bicyclic) bond motifs is 2. The first kappa shape index (κ1) is 23.3. The number of carbonyl (C=O) groups is 2. The molecule has 0 radical (unpaired) electrons. The molecule has 186 valence electrons. The van der Waals surface area contributed by atoms with Gasteiger partial charge < -0.3 is 9.88 Å². The Bertz CT molecular complexity index is 1510. The van der Waals surface area contributed by atoms with Crippen molar-refractivity contribution in [3.05, 3.63) is 95.7 Å². The molecule has 2 amide bonds. The Hall–Kier alpha value is -4.12. The molecule has 5 nitrogen and oxygen atoms in total. The summed E-state index contributed by atoms with van der Waals surface area (Å²) in [7, 11) is 0. The number of hydrogen-bond donors (Lipinski definition) is 1. The second-order valence-electron chi connectivity index (χ2n) is 9.98. The Kier molecular flexibility index (Phi) is 6.13. The van der Waals surface area contributed by atoms with Crippen LogP contribution < -0.4 is 10.2 Å². The fourth-order valence-electron chi connectivity index (χ4n) is 5.86. The van der Waals surface area contributed by atoms with Gasteiger partial charge in [-0.1, -0.05) is 74.4 Å². The maximum absolute atomic E-state index is 13.8. The largest absolute Gasteiger partial charge is 0.352 e. The summed E-state index contributed by atoms with van der Waals surface area (Å²) in [5.41, 5.74) is 6.53. The lowest BCUT2D eigenvalue weighted by atomic mass is 10.0. The number of para-hydroxylation sites is 3. The van der Waals surface area contributed by atoms with E-state index in [-0.39, 0.29) is 24.4 Å². The summed E-state index contributed by atoms with van der Waals surface area (Å²) in [6.45, 7) is 2.41. The molecule has 1 aromatic heterocycles. The summed E-state index contributed by atoms with van der Waals surface area (Å²) in [5, 5.41) is 4.28. The van der Waals surface area contributed by atoms with Crippen LogP contribution in [0.1, 0.15) is 49.3 Å². The van der Waals surface area contributed by atoms with Crippen LogP contribution in [0.5, 0.6) is 0 Å². The van der Waals surface area contributed by atoms with E-state index in [4.69, 9.17) is 0 Å². The molecular weight excluding hydrogens is 458 g/mol. The number of carbonyl (C=O) groups excluding carboxylic acids is 2. The summed E-state index contributed by atoms with van der Waals surface area (Å²) in [6.07, 6.45) is 9.40. The van der Waals surface area contributed by atoms with Crippen molar-refractivity contribution in [2.45, 2.75) is 51.6 Å². The van der Waals surface area contributed by atoms with Crippen LogP contribution in [0.15, 0.2) is 79.0 Å². The van der Waals surface area contributed by atoms with Crippen molar-refractivity contribution in [3.8, 4) is 0 Å². The molecule has 0 saturated heterocycles. The second kappa shape index (κ2) is 9.74. The van der Waals surface area contributed by atoms with Crippen LogP contribution in [0.25, 0.3) is 22.6 Å². The van der Waals surface area contributed by atoms with Crippen LogP contribution in [0.3, 0.4) is 0 Å². The van der Waals surface area contributed by atoms with E-state index in [0.29, 0.717) is 5.57 Å². The molecule has 1 fully saturated rings. The van der Waals surface area contributed by atoms with E-state index in [1.165, 1.54) is 18.4 Å². The van der Waals surface area contributed by atoms with Crippen molar-refractivity contribution in [1.29, 1.82) is 0 Å². The number of nitrogens with zero attached hydrogens (tertiary/aromatic N) is 2. The standard InChI is InChI=1S/C32H31N3O2/c1-2-22-11-10-17-26-23(20-34(31(22)26)21-30(36)33-24-12-6-7-13-24)19-28-27-16-8-9-18-29(27)35(32(28)37)25-14-4-3-5-15-25/h3-5,8-11,14-20,24H,2,6-7,12-13,21H2,1H3,(H,33,36)/b28-19+. The molecule has 1 aliphatic carbocycles. The molecule has 0 atom stereocenters. The van der Waals surface area contributed by atoms with Crippen molar-refractivity contribution >= 4 is 45.7 Å². The molecule has 0 bridgehead atoms. The Labute approximate surface area is 217 Å². The van der Waals surface area contributed by atoms with E-state index in [0.717, 1.165) is 52.7 Å². The molecule has 5 heteroatoms. The van der Waals surface area contributed by atoms with Gasteiger partial charge in [-0.3, -0.25) is 14.5 Å². The number of rotatable bonds is 6. The molecule has 4 aromatic rings. The maximum Gasteiger partial charge on any atom is 0.263 e. The lowest BCUT2D eigenvalue weighted by Gasteiger charge is -2.16. The lowest BCUT2D eigenvalue weighted by Crippen LogP contribution is -2.35. The molecule has 0 spiro atoms. The Morgan fingerprint density at radius 3 is 2.51 bits per heavy atom. The number of anilines is 2. The van der Waals surface area contributed by atoms with Crippen LogP contribution >= 0.6 is 0 Å². The van der Waals surface area contributed by atoms with E-state index in [1.54, 1.807) is 4.90 Å². The average Bonchev–Trinajstić information content (AvgIpc) is 3.62. The maximum atomic E-state index is 13.8. The molecule has 2 aliphatic rings. The fourth-order valence-corrected chi connectivity index (χ4v) is 5.86. The fraction of sp³-hybridized carbons (Fsp3) is 0.250. The Morgan fingerprint density at radius 2 is 1.73 bits per heavy atom. The van der Waals surface area contributed by atoms with E-state index >= 15 is 0 Å². The van der Waals surface area contributed by atoms with Gasteiger partial charge in [0, 0.05) is 34.4 Å². The third-order valence-corrected chi connectivity index (χ3v) is 7.61. The zero-order chi connectivity index (χ0) is 25.4. The zero-order valence-electron chi connectivity index (χ0n) is 21.1. The number of benzene rings is 3. The molecule has 37 heavy (non-hydrogen) atoms. The van der Waals surface area contributed by atoms with E-state index in [1.807, 2.05) is 66.9 Å². The summed E-state index contributed by atoms with van der Waals surface area (Å²) in [6, 6.07) is 24.3. The van der Waals surface area contributed by atoms with E-state index < -0.39 is 0 Å². The molecule has 1 saturated carbocycles. The third-order valence-electron chi connectivity index (χ3n) is 7.61. The zero-order valence-corrected chi connectivity index (χ0v) is 21.1. The van der Waals surface area contributed by atoms with Crippen molar-refractivity contribution in [2.75, 3.05) is 4.90 Å². The van der Waals surface area contributed by atoms with Gasteiger partial charge in [0.2, 0.25) is 5.91 Å². The first-order valence-electron chi connectivity index (χ1n) is 13.2. The third kappa shape index (κ3) is 4.25. The number of amides is 2. The molecule has 3 aromatic carbocycles. The van der Waals surface area contributed by atoms with Crippen LogP contribution in [-0.4, -0.2) is 22.4 Å². The van der Waals surface area contributed by atoms with E-state index in [9.17, 15) is 9.59 Å². The normalized spacial score (nSPS) is 16.6. The van der Waals surface area contributed by atoms with Gasteiger partial charge in [-0.05, 0) is 49.1 Å². The van der Waals surface area contributed by atoms with Gasteiger partial charge >= 0.3 is 0 Å². The van der Waals surface area contributed by atoms with Crippen LogP contribution in [-0.2, 0) is 22.6 Å². The van der Waals surface area contributed by atoms with Gasteiger partial charge in [-0.25, -0.2) is 0 Å². The quantitative estimate of drug-likeness (QED) is 0.315. The predicted molar refractivity (Wildman–Crippen MR) is 150 cm³/mol. The van der Waals surface area contributed by atoms with Gasteiger partial charge in [0.25, 0.3) is 5.91 Å². The highest BCUT2D eigenvalue weighted by molar-refractivity contribution is 6.38. The van der Waals surface area contributed by atoms with Gasteiger partial charge in [0.15, 0.2) is 0 Å². The highest BCUT2D eigenvalue weighted by atomic mass is 16.2. The smallest absolute Gasteiger partial charge is 0.263 e. The SMILES string of the molecule is CCc1cccc2c(/C=C3/C(=O)N(c4ccccc4)c4ccccc43)cn(CC(=O)NC3CCCC3)c12. The van der Waals surface area contributed by atoms with Gasteiger partial charge in [-0.15, -0.1) is 0 Å². The minimum Gasteiger partial charge on any atom is -0.352 e.